The SMILES string of the molecule is COc1cccc(CN(CC2CCCO2)C(=O)Cc2csc(NC(=O)c3ccccc3)n2)c1. The molecule has 7 nitrogen and oxygen atoms in total. The highest BCUT2D eigenvalue weighted by atomic mass is 32.1. The van der Waals surface area contributed by atoms with Crippen LogP contribution in [0.3, 0.4) is 0 Å². The van der Waals surface area contributed by atoms with Crippen LogP contribution in [0.1, 0.15) is 34.5 Å². The van der Waals surface area contributed by atoms with Crippen molar-refractivity contribution in [3.8, 4) is 5.75 Å². The van der Waals surface area contributed by atoms with E-state index in [1.165, 1.54) is 11.3 Å². The van der Waals surface area contributed by atoms with Gasteiger partial charge in [-0.05, 0) is 42.7 Å². The summed E-state index contributed by atoms with van der Waals surface area (Å²) in [4.78, 5) is 31.9. The Bertz CT molecular complexity index is 1080. The van der Waals surface area contributed by atoms with Crippen LogP contribution in [0.25, 0.3) is 0 Å². The second-order valence-electron chi connectivity index (χ2n) is 7.90. The zero-order valence-electron chi connectivity index (χ0n) is 18.5. The number of carbonyl (C=O) groups is 2. The lowest BCUT2D eigenvalue weighted by atomic mass is 10.1. The highest BCUT2D eigenvalue weighted by Gasteiger charge is 2.24. The van der Waals surface area contributed by atoms with Gasteiger partial charge in [0.25, 0.3) is 5.91 Å². The van der Waals surface area contributed by atoms with Crippen molar-refractivity contribution in [3.05, 3.63) is 76.8 Å². The fourth-order valence-corrected chi connectivity index (χ4v) is 4.46. The second kappa shape index (κ2) is 11.1. The van der Waals surface area contributed by atoms with E-state index in [9.17, 15) is 9.59 Å². The third-order valence-corrected chi connectivity index (χ3v) is 6.26. The third-order valence-electron chi connectivity index (χ3n) is 5.45. The number of benzene rings is 2. The van der Waals surface area contributed by atoms with Gasteiger partial charge in [0.05, 0.1) is 25.3 Å². The Morgan fingerprint density at radius 1 is 1.21 bits per heavy atom. The van der Waals surface area contributed by atoms with Gasteiger partial charge in [-0.25, -0.2) is 4.98 Å². The minimum Gasteiger partial charge on any atom is -0.497 e. The van der Waals surface area contributed by atoms with Crippen LogP contribution >= 0.6 is 11.3 Å². The molecule has 0 spiro atoms. The molecule has 2 amide bonds. The number of nitrogens with zero attached hydrogens (tertiary/aromatic N) is 2. The highest BCUT2D eigenvalue weighted by Crippen LogP contribution is 2.21. The highest BCUT2D eigenvalue weighted by molar-refractivity contribution is 7.14. The summed E-state index contributed by atoms with van der Waals surface area (Å²) >= 11 is 1.31. The van der Waals surface area contributed by atoms with Gasteiger partial charge in [-0.2, -0.15) is 0 Å². The first-order valence-electron chi connectivity index (χ1n) is 10.9. The number of hydrogen-bond donors (Lipinski definition) is 1. The quantitative estimate of drug-likeness (QED) is 0.513. The molecule has 4 rings (SSSR count). The molecule has 1 aromatic heterocycles. The Kier molecular flexibility index (Phi) is 7.70. The molecule has 33 heavy (non-hydrogen) atoms. The lowest BCUT2D eigenvalue weighted by Gasteiger charge is -2.25. The summed E-state index contributed by atoms with van der Waals surface area (Å²) in [6.07, 6.45) is 2.18. The normalized spacial score (nSPS) is 15.2. The largest absolute Gasteiger partial charge is 0.497 e. The van der Waals surface area contributed by atoms with E-state index in [2.05, 4.69) is 10.3 Å². The molecular formula is C25H27N3O4S. The van der Waals surface area contributed by atoms with E-state index in [0.29, 0.717) is 29.5 Å². The number of hydrogen-bond acceptors (Lipinski definition) is 6. The lowest BCUT2D eigenvalue weighted by Crippen LogP contribution is -2.37. The number of ether oxygens (including phenoxy) is 2. The van der Waals surface area contributed by atoms with Crippen LogP contribution in [-0.4, -0.2) is 48.1 Å². The zero-order chi connectivity index (χ0) is 23.0. The Hall–Kier alpha value is -3.23. The molecule has 1 atom stereocenters. The molecule has 2 heterocycles. The van der Waals surface area contributed by atoms with Crippen LogP contribution in [0.2, 0.25) is 0 Å². The predicted octanol–water partition coefficient (Wildman–Crippen LogP) is 4.15. The number of methoxy groups -OCH3 is 1. The molecule has 2 aromatic carbocycles. The number of carbonyl (C=O) groups excluding carboxylic acids is 2. The van der Waals surface area contributed by atoms with Crippen LogP contribution in [0.4, 0.5) is 5.13 Å². The van der Waals surface area contributed by atoms with Crippen molar-refractivity contribution in [2.45, 2.75) is 31.9 Å². The van der Waals surface area contributed by atoms with Gasteiger partial charge in [-0.15, -0.1) is 11.3 Å². The molecule has 0 radical (unpaired) electrons. The molecule has 1 unspecified atom stereocenters. The number of amides is 2. The van der Waals surface area contributed by atoms with E-state index in [1.54, 1.807) is 19.2 Å². The van der Waals surface area contributed by atoms with Gasteiger partial charge in [0.1, 0.15) is 5.75 Å². The van der Waals surface area contributed by atoms with Crippen LogP contribution in [0.5, 0.6) is 5.75 Å². The second-order valence-corrected chi connectivity index (χ2v) is 8.76. The fourth-order valence-electron chi connectivity index (χ4n) is 3.75. The van der Waals surface area contributed by atoms with E-state index in [1.807, 2.05) is 52.7 Å². The molecule has 1 aliphatic heterocycles. The van der Waals surface area contributed by atoms with Gasteiger partial charge in [0, 0.05) is 30.6 Å². The Morgan fingerprint density at radius 2 is 2.06 bits per heavy atom. The van der Waals surface area contributed by atoms with Crippen LogP contribution < -0.4 is 10.1 Å². The van der Waals surface area contributed by atoms with Crippen molar-refractivity contribution >= 4 is 28.3 Å². The van der Waals surface area contributed by atoms with Crippen LogP contribution in [0.15, 0.2) is 60.0 Å². The van der Waals surface area contributed by atoms with Gasteiger partial charge in [0.2, 0.25) is 5.91 Å². The Morgan fingerprint density at radius 3 is 2.82 bits per heavy atom. The third kappa shape index (κ3) is 6.40. The first-order valence-corrected chi connectivity index (χ1v) is 11.8. The van der Waals surface area contributed by atoms with E-state index in [-0.39, 0.29) is 24.3 Å². The average Bonchev–Trinajstić information content (AvgIpc) is 3.51. The molecule has 3 aromatic rings. The summed E-state index contributed by atoms with van der Waals surface area (Å²) in [5.41, 5.74) is 2.19. The van der Waals surface area contributed by atoms with Crippen molar-refractivity contribution < 1.29 is 19.1 Å². The van der Waals surface area contributed by atoms with Gasteiger partial charge in [-0.1, -0.05) is 30.3 Å². The zero-order valence-corrected chi connectivity index (χ0v) is 19.3. The summed E-state index contributed by atoms with van der Waals surface area (Å²) in [5, 5.41) is 5.09. The molecule has 0 aliphatic carbocycles. The van der Waals surface area contributed by atoms with Crippen molar-refractivity contribution in [1.82, 2.24) is 9.88 Å². The number of anilines is 1. The standard InChI is InChI=1S/C25H27N3O4S/c1-31-21-10-5-7-18(13-21)15-28(16-22-11-6-12-32-22)23(29)14-20-17-33-25(26-20)27-24(30)19-8-3-2-4-9-19/h2-5,7-10,13,17,22H,6,11-12,14-16H2,1H3,(H,26,27,30). The minimum absolute atomic E-state index is 0.0282. The number of aromatic nitrogens is 1. The first kappa shape index (κ1) is 22.9. The summed E-state index contributed by atoms with van der Waals surface area (Å²) in [6.45, 7) is 1.75. The number of nitrogens with one attached hydrogen (secondary N) is 1. The molecule has 1 aliphatic rings. The van der Waals surface area contributed by atoms with Gasteiger partial charge < -0.3 is 14.4 Å². The first-order chi connectivity index (χ1) is 16.1. The molecule has 0 bridgehead atoms. The fraction of sp³-hybridized carbons (Fsp3) is 0.320. The maximum atomic E-state index is 13.2. The van der Waals surface area contributed by atoms with Crippen LogP contribution in [0, 0.1) is 0 Å². The van der Waals surface area contributed by atoms with Gasteiger partial charge in [-0.3, -0.25) is 14.9 Å². The molecule has 172 valence electrons. The molecule has 0 saturated carbocycles. The lowest BCUT2D eigenvalue weighted by molar-refractivity contribution is -0.132. The molecular weight excluding hydrogens is 438 g/mol. The topological polar surface area (TPSA) is 80.8 Å². The monoisotopic (exact) mass is 465 g/mol. The van der Waals surface area contributed by atoms with Crippen molar-refractivity contribution in [2.24, 2.45) is 0 Å². The van der Waals surface area contributed by atoms with Crippen LogP contribution in [-0.2, 0) is 22.5 Å². The van der Waals surface area contributed by atoms with E-state index >= 15 is 0 Å². The summed E-state index contributed by atoms with van der Waals surface area (Å²) in [5.74, 6) is 0.510. The maximum absolute atomic E-state index is 13.2. The van der Waals surface area contributed by atoms with E-state index < -0.39 is 0 Å². The smallest absolute Gasteiger partial charge is 0.257 e. The van der Waals surface area contributed by atoms with Crippen molar-refractivity contribution in [2.75, 3.05) is 25.6 Å². The summed E-state index contributed by atoms with van der Waals surface area (Å²) in [6, 6.07) is 16.7. The van der Waals surface area contributed by atoms with Gasteiger partial charge in [0.15, 0.2) is 5.13 Å². The summed E-state index contributed by atoms with van der Waals surface area (Å²) in [7, 11) is 1.63. The number of rotatable bonds is 9. The van der Waals surface area contributed by atoms with Crippen molar-refractivity contribution in [1.29, 1.82) is 0 Å². The van der Waals surface area contributed by atoms with Crippen molar-refractivity contribution in [3.63, 3.8) is 0 Å². The maximum Gasteiger partial charge on any atom is 0.257 e. The molecule has 1 fully saturated rings. The number of thiazole rings is 1. The Balaban J connectivity index is 1.42. The molecule has 8 heteroatoms. The van der Waals surface area contributed by atoms with Gasteiger partial charge >= 0.3 is 0 Å². The predicted molar refractivity (Wildman–Crippen MR) is 128 cm³/mol. The van der Waals surface area contributed by atoms with E-state index in [4.69, 9.17) is 9.47 Å². The molecule has 1 N–H and O–H groups in total. The average molecular weight is 466 g/mol. The minimum atomic E-state index is -0.221. The molecule has 1 saturated heterocycles. The Labute approximate surface area is 197 Å². The van der Waals surface area contributed by atoms with E-state index in [0.717, 1.165) is 30.8 Å². The summed E-state index contributed by atoms with van der Waals surface area (Å²) < 4.78 is 11.1.